The summed E-state index contributed by atoms with van der Waals surface area (Å²) in [6.45, 7) is 2.50. The van der Waals surface area contributed by atoms with Crippen LogP contribution in [-0.4, -0.2) is 43.6 Å². The third-order valence-corrected chi connectivity index (χ3v) is 16.9. The summed E-state index contributed by atoms with van der Waals surface area (Å²) in [5, 5.41) is 0. The molecule has 0 amide bonds. The lowest BCUT2D eigenvalue weighted by atomic mass is 9.25. The molecule has 10 aliphatic rings. The summed E-state index contributed by atoms with van der Waals surface area (Å²) in [6.07, 6.45) is 27.0. The van der Waals surface area contributed by atoms with Crippen molar-refractivity contribution >= 4 is 58.7 Å². The molecule has 6 heterocycles. The summed E-state index contributed by atoms with van der Waals surface area (Å²) in [5.74, 6) is 6.70. The molecule has 0 spiro atoms. The summed E-state index contributed by atoms with van der Waals surface area (Å²) < 4.78 is 21.8. The number of hydrogen-bond donors (Lipinski definition) is 0. The van der Waals surface area contributed by atoms with Gasteiger partial charge in [-0.25, -0.2) is 4.99 Å². The van der Waals surface area contributed by atoms with Crippen molar-refractivity contribution in [1.82, 2.24) is 0 Å². The topological polar surface area (TPSA) is 49.8 Å². The molecule has 15 rings (SSSR count). The third-order valence-electron chi connectivity index (χ3n) is 16.9. The molecule has 4 aliphatic carbocycles. The second kappa shape index (κ2) is 15.4. The number of rotatable bonds is 5. The van der Waals surface area contributed by atoms with Gasteiger partial charge in [-0.1, -0.05) is 134 Å². The van der Waals surface area contributed by atoms with E-state index in [9.17, 15) is 0 Å². The van der Waals surface area contributed by atoms with Crippen LogP contribution in [-0.2, 0) is 4.74 Å². The zero-order valence-corrected chi connectivity index (χ0v) is 38.8. The molecule has 0 N–H and O–H groups in total. The highest BCUT2D eigenvalue weighted by atomic mass is 16.5. The van der Waals surface area contributed by atoms with Crippen LogP contribution in [0.1, 0.15) is 56.9 Å². The molecule has 8 unspecified atom stereocenters. The highest BCUT2D eigenvalue weighted by Crippen LogP contribution is 2.56. The van der Waals surface area contributed by atoms with Gasteiger partial charge in [0.15, 0.2) is 5.90 Å². The van der Waals surface area contributed by atoms with E-state index < -0.39 is 0 Å². The first kappa shape index (κ1) is 39.8. The second-order valence-corrected chi connectivity index (χ2v) is 20.8. The van der Waals surface area contributed by atoms with Crippen molar-refractivity contribution in [2.24, 2.45) is 10.9 Å². The van der Waals surface area contributed by atoms with Gasteiger partial charge >= 0.3 is 0 Å². The summed E-state index contributed by atoms with van der Waals surface area (Å²) in [5.41, 5.74) is 12.2. The van der Waals surface area contributed by atoms with E-state index in [2.05, 4.69) is 198 Å². The van der Waals surface area contributed by atoms with E-state index in [4.69, 9.17) is 19.2 Å². The van der Waals surface area contributed by atoms with Crippen molar-refractivity contribution in [3.8, 4) is 11.5 Å². The Morgan fingerprint density at radius 1 is 0.725 bits per heavy atom. The van der Waals surface area contributed by atoms with Gasteiger partial charge in [0.05, 0.1) is 18.2 Å². The van der Waals surface area contributed by atoms with Crippen molar-refractivity contribution in [3.05, 3.63) is 210 Å². The standard InChI is InChI=1S/C60H52B2N4O3/c1-37-17-16-22-40(31-37)64(38-18-4-2-5-19-38)42-34-55-58-56(35-42)69-60-48(62(58)46-26-11-15-30-53(46)68-55)36-47-59(63-60)66(39-20-6-3-7-21-39)51-32-41(33-54-57(51)61(47)45-25-10-14-29-52(45)67-54)65-49-27-12-8-23-43(49)44-24-9-13-28-50(44)65/h2-13,15-16,18-28,30,32-34,37,40,42-43,45,48-49,52H,14,17,29,31,35-36H2,1H3. The minimum absolute atomic E-state index is 0.0141. The number of para-hydroxylation sites is 4. The summed E-state index contributed by atoms with van der Waals surface area (Å²) in [7, 11) is 0. The minimum atomic E-state index is -0.0141. The Morgan fingerprint density at radius 2 is 1.55 bits per heavy atom. The Kier molecular flexibility index (Phi) is 8.92. The molecule has 0 saturated heterocycles. The first-order chi connectivity index (χ1) is 34.1. The largest absolute Gasteiger partial charge is 0.491 e. The number of nitrogens with zero attached hydrogens (tertiary/aromatic N) is 4. The highest BCUT2D eigenvalue weighted by Gasteiger charge is 2.56. The van der Waals surface area contributed by atoms with Crippen LogP contribution in [0.25, 0.3) is 0 Å². The summed E-state index contributed by atoms with van der Waals surface area (Å²) in [6, 6.07) is 44.7. The zero-order valence-electron chi connectivity index (χ0n) is 38.8. The second-order valence-electron chi connectivity index (χ2n) is 20.8. The molecule has 7 nitrogen and oxygen atoms in total. The maximum absolute atomic E-state index is 7.45. The van der Waals surface area contributed by atoms with Gasteiger partial charge < -0.3 is 24.0 Å². The molecule has 336 valence electrons. The molecule has 0 saturated carbocycles. The molecule has 0 aromatic heterocycles. The van der Waals surface area contributed by atoms with Crippen LogP contribution < -0.4 is 35.1 Å². The molecule has 69 heavy (non-hydrogen) atoms. The van der Waals surface area contributed by atoms with Gasteiger partial charge in [0, 0.05) is 70.0 Å². The lowest BCUT2D eigenvalue weighted by Gasteiger charge is -2.50. The zero-order chi connectivity index (χ0) is 45.3. The fraction of sp³-hybridized carbons (Fsp3) is 0.250. The van der Waals surface area contributed by atoms with E-state index in [0.717, 1.165) is 90.3 Å². The van der Waals surface area contributed by atoms with Crippen LogP contribution in [0, 0.1) is 5.92 Å². The molecule has 5 aromatic rings. The molecule has 8 atom stereocenters. The Bertz CT molecular complexity index is 3230. The Labute approximate surface area is 405 Å². The summed E-state index contributed by atoms with van der Waals surface area (Å²) >= 11 is 0. The molecular formula is C60H52B2N4O3. The van der Waals surface area contributed by atoms with Crippen LogP contribution >= 0.6 is 0 Å². The molecule has 9 heteroatoms. The minimum Gasteiger partial charge on any atom is -0.491 e. The van der Waals surface area contributed by atoms with Crippen molar-refractivity contribution in [2.75, 3.05) is 14.7 Å². The number of anilines is 5. The number of hydrogen-bond acceptors (Lipinski definition) is 7. The van der Waals surface area contributed by atoms with Crippen LogP contribution in [0.5, 0.6) is 11.5 Å². The number of ether oxygens (including phenoxy) is 3. The maximum Gasteiger partial charge on any atom is 0.236 e. The van der Waals surface area contributed by atoms with E-state index >= 15 is 0 Å². The van der Waals surface area contributed by atoms with Crippen LogP contribution in [0.3, 0.4) is 0 Å². The Hall–Kier alpha value is -7.12. The van der Waals surface area contributed by atoms with Gasteiger partial charge in [0.2, 0.25) is 13.4 Å². The van der Waals surface area contributed by atoms with E-state index in [1.54, 1.807) is 0 Å². The van der Waals surface area contributed by atoms with Crippen molar-refractivity contribution in [1.29, 1.82) is 0 Å². The molecular weight excluding hydrogens is 846 g/mol. The van der Waals surface area contributed by atoms with Crippen LogP contribution in [0.15, 0.2) is 209 Å². The molecule has 6 aliphatic heterocycles. The third kappa shape index (κ3) is 6.04. The van der Waals surface area contributed by atoms with Gasteiger partial charge in [-0.3, -0.25) is 4.90 Å². The van der Waals surface area contributed by atoms with Crippen molar-refractivity contribution in [2.45, 2.75) is 87.2 Å². The predicted molar refractivity (Wildman–Crippen MR) is 280 cm³/mol. The SMILES string of the molecule is CC1CC=CC(N(c2ccccc2)C2C=C3Oc4ccccc4B4C3=C(C2)OC2=NC3=C(CC42)B2c4c(cc(N5c6ccccc6C6C=CC=CC65)cc4N3c3ccccc3)OC3CCC=CC23)C1. The van der Waals surface area contributed by atoms with Gasteiger partial charge in [-0.05, 0) is 103 Å². The number of allylic oxidation sites excluding steroid dienone is 6. The Morgan fingerprint density at radius 3 is 2.45 bits per heavy atom. The van der Waals surface area contributed by atoms with Crippen LogP contribution in [0.4, 0.5) is 28.4 Å². The van der Waals surface area contributed by atoms with Gasteiger partial charge in [-0.2, -0.15) is 0 Å². The lowest BCUT2D eigenvalue weighted by molar-refractivity contribution is 0.186. The smallest absolute Gasteiger partial charge is 0.236 e. The Balaban J connectivity index is 0.907. The van der Waals surface area contributed by atoms with Crippen molar-refractivity contribution < 1.29 is 14.2 Å². The number of benzene rings is 5. The maximum atomic E-state index is 7.45. The fourth-order valence-electron chi connectivity index (χ4n) is 14.0. The average Bonchev–Trinajstić information content (AvgIpc) is 3.73. The van der Waals surface area contributed by atoms with Gasteiger partial charge in [0.25, 0.3) is 0 Å². The number of aliphatic imine (C=N–C) groups is 1. The fourth-order valence-corrected chi connectivity index (χ4v) is 14.0. The first-order valence-corrected chi connectivity index (χ1v) is 25.4. The molecule has 5 aromatic carbocycles. The molecule has 0 fully saturated rings. The van der Waals surface area contributed by atoms with Gasteiger partial charge in [-0.15, -0.1) is 0 Å². The van der Waals surface area contributed by atoms with E-state index in [1.807, 2.05) is 0 Å². The first-order valence-electron chi connectivity index (χ1n) is 25.4. The van der Waals surface area contributed by atoms with E-state index in [0.29, 0.717) is 5.92 Å². The average molecular weight is 899 g/mol. The van der Waals surface area contributed by atoms with E-state index in [-0.39, 0.29) is 55.2 Å². The normalized spacial score (nSPS) is 28.1. The van der Waals surface area contributed by atoms with Crippen LogP contribution in [0.2, 0.25) is 11.6 Å². The lowest BCUT2D eigenvalue weighted by Crippen LogP contribution is -2.57. The quantitative estimate of drug-likeness (QED) is 0.129. The van der Waals surface area contributed by atoms with Crippen molar-refractivity contribution in [3.63, 3.8) is 0 Å². The predicted octanol–water partition coefficient (Wildman–Crippen LogP) is 11.8. The molecule has 0 bridgehead atoms. The number of fused-ring (bicyclic) bond motifs is 10. The summed E-state index contributed by atoms with van der Waals surface area (Å²) in [4.78, 5) is 13.5. The molecule has 0 radical (unpaired) electrons. The monoisotopic (exact) mass is 898 g/mol. The van der Waals surface area contributed by atoms with E-state index in [1.165, 1.54) is 38.8 Å². The highest BCUT2D eigenvalue weighted by molar-refractivity contribution is 6.88. The van der Waals surface area contributed by atoms with Gasteiger partial charge in [0.1, 0.15) is 28.8 Å².